The van der Waals surface area contributed by atoms with Crippen molar-refractivity contribution in [2.24, 2.45) is 0 Å². The van der Waals surface area contributed by atoms with Gasteiger partial charge < -0.3 is 15.2 Å². The molecule has 0 aliphatic carbocycles. The highest BCUT2D eigenvalue weighted by Crippen LogP contribution is 2.63. The van der Waals surface area contributed by atoms with E-state index in [-0.39, 0.29) is 28.7 Å². The standard InChI is InChI=1S/C36H29Cl2FN4O4/c1-2-5-19-6-3-7-20(14-19)17-42-29-18-47-33-23-12-10-21(34(44)45)15-27(23)41-43(33)32(29)30(24-8-4-9-26(38)31(24)39)36(42)25-13-11-22(37)16-28(25)40-35(36)46/h3-4,6-16,29-30,32H,2,5,17-18H2,1H3,(H,40,46)(H,44,45)/t29-,30-,32+,36+/m0/s1. The summed E-state index contributed by atoms with van der Waals surface area (Å²) < 4.78 is 24.6. The van der Waals surface area contributed by atoms with Gasteiger partial charge in [-0.2, -0.15) is 5.10 Å². The van der Waals surface area contributed by atoms with E-state index >= 15 is 4.39 Å². The number of benzene rings is 4. The van der Waals surface area contributed by atoms with Gasteiger partial charge in [0.2, 0.25) is 11.8 Å². The summed E-state index contributed by atoms with van der Waals surface area (Å²) in [5, 5.41) is 18.7. The van der Waals surface area contributed by atoms with Gasteiger partial charge in [0.05, 0.1) is 33.6 Å². The van der Waals surface area contributed by atoms with E-state index < -0.39 is 35.3 Å². The number of carbonyl (C=O) groups excluding carboxylic acids is 1. The number of carboxylic acid groups (broad SMARTS) is 1. The van der Waals surface area contributed by atoms with Crippen molar-refractivity contribution in [1.82, 2.24) is 14.7 Å². The summed E-state index contributed by atoms with van der Waals surface area (Å²) in [5.74, 6) is -2.41. The van der Waals surface area contributed by atoms with Crippen LogP contribution in [0.4, 0.5) is 10.1 Å². The number of rotatable bonds is 6. The molecule has 11 heteroatoms. The predicted octanol–water partition coefficient (Wildman–Crippen LogP) is 7.58. The summed E-state index contributed by atoms with van der Waals surface area (Å²) in [7, 11) is 0. The molecule has 4 aromatic carbocycles. The summed E-state index contributed by atoms with van der Waals surface area (Å²) in [6.07, 6.45) is 1.90. The number of fused-ring (bicyclic) bond motifs is 7. The predicted molar refractivity (Wildman–Crippen MR) is 177 cm³/mol. The molecule has 0 radical (unpaired) electrons. The van der Waals surface area contributed by atoms with E-state index in [0.29, 0.717) is 39.6 Å². The molecule has 0 saturated carbocycles. The van der Waals surface area contributed by atoms with Crippen LogP contribution in [0.5, 0.6) is 5.88 Å². The number of hydrogen-bond acceptors (Lipinski definition) is 5. The minimum absolute atomic E-state index is 0.0568. The maximum absolute atomic E-state index is 16.4. The number of halogens is 3. The number of aromatic carboxylic acids is 1. The fourth-order valence-corrected chi connectivity index (χ4v) is 8.33. The smallest absolute Gasteiger partial charge is 0.335 e. The first-order valence-corrected chi connectivity index (χ1v) is 16.3. The average Bonchev–Trinajstić information content (AvgIpc) is 3.66. The van der Waals surface area contributed by atoms with Gasteiger partial charge in [0, 0.05) is 28.7 Å². The zero-order chi connectivity index (χ0) is 32.6. The molecular weight excluding hydrogens is 642 g/mol. The van der Waals surface area contributed by atoms with Crippen LogP contribution in [0, 0.1) is 5.82 Å². The van der Waals surface area contributed by atoms with E-state index in [1.807, 2.05) is 18.2 Å². The van der Waals surface area contributed by atoms with Crippen molar-refractivity contribution < 1.29 is 23.8 Å². The Hall–Kier alpha value is -4.44. The summed E-state index contributed by atoms with van der Waals surface area (Å²) in [4.78, 5) is 28.7. The van der Waals surface area contributed by atoms with Crippen LogP contribution in [-0.2, 0) is 23.3 Å². The topological polar surface area (TPSA) is 96.7 Å². The van der Waals surface area contributed by atoms with E-state index in [0.717, 1.165) is 18.4 Å². The lowest BCUT2D eigenvalue weighted by Crippen LogP contribution is -2.52. The number of anilines is 1. The zero-order valence-electron chi connectivity index (χ0n) is 25.2. The van der Waals surface area contributed by atoms with Crippen LogP contribution in [0.15, 0.2) is 78.9 Å². The molecule has 4 atom stereocenters. The first-order valence-electron chi connectivity index (χ1n) is 15.5. The molecule has 3 aliphatic rings. The van der Waals surface area contributed by atoms with Crippen molar-refractivity contribution in [3.8, 4) is 5.88 Å². The van der Waals surface area contributed by atoms with Gasteiger partial charge in [-0.15, -0.1) is 0 Å². The molecule has 2 N–H and O–H groups in total. The van der Waals surface area contributed by atoms with Crippen LogP contribution in [0.25, 0.3) is 10.9 Å². The highest BCUT2D eigenvalue weighted by atomic mass is 35.5. The maximum Gasteiger partial charge on any atom is 0.335 e. The first kappa shape index (κ1) is 29.9. The third kappa shape index (κ3) is 4.40. The third-order valence-electron chi connectivity index (χ3n) is 9.80. The number of carboxylic acids is 1. The van der Waals surface area contributed by atoms with Crippen molar-refractivity contribution in [3.05, 3.63) is 123 Å². The van der Waals surface area contributed by atoms with Gasteiger partial charge in [0.15, 0.2) is 0 Å². The number of aryl methyl sites for hydroxylation is 1. The Morgan fingerprint density at radius 2 is 1.89 bits per heavy atom. The van der Waals surface area contributed by atoms with Gasteiger partial charge in [0.1, 0.15) is 18.0 Å². The lowest BCUT2D eigenvalue weighted by molar-refractivity contribution is -0.128. The Kier molecular flexibility index (Phi) is 7.05. The first-order chi connectivity index (χ1) is 22.7. The molecule has 0 unspecified atom stereocenters. The van der Waals surface area contributed by atoms with Gasteiger partial charge in [-0.1, -0.05) is 79.0 Å². The number of amides is 1. The quantitative estimate of drug-likeness (QED) is 0.193. The molecule has 5 aromatic rings. The highest BCUT2D eigenvalue weighted by molar-refractivity contribution is 6.31. The number of likely N-dealkylation sites (tertiary alicyclic amines) is 1. The minimum Gasteiger partial charge on any atom is -0.478 e. The Bertz CT molecular complexity index is 2120. The highest BCUT2D eigenvalue weighted by Gasteiger charge is 2.69. The second-order valence-corrected chi connectivity index (χ2v) is 13.2. The largest absolute Gasteiger partial charge is 0.478 e. The van der Waals surface area contributed by atoms with E-state index in [1.54, 1.807) is 35.0 Å². The van der Waals surface area contributed by atoms with Crippen LogP contribution in [0.3, 0.4) is 0 Å². The Balaban J connectivity index is 1.42. The molecule has 1 spiro atoms. The van der Waals surface area contributed by atoms with Crippen molar-refractivity contribution in [2.45, 2.75) is 49.9 Å². The number of nitrogens with zero attached hydrogens (tertiary/aromatic N) is 3. The maximum atomic E-state index is 16.4. The van der Waals surface area contributed by atoms with Crippen molar-refractivity contribution >= 4 is 51.7 Å². The van der Waals surface area contributed by atoms with Gasteiger partial charge in [-0.25, -0.2) is 13.9 Å². The molecule has 1 aromatic heterocycles. The molecule has 0 bridgehead atoms. The van der Waals surface area contributed by atoms with E-state index in [2.05, 4.69) is 29.3 Å². The van der Waals surface area contributed by atoms with Crippen molar-refractivity contribution in [3.63, 3.8) is 0 Å². The average molecular weight is 672 g/mol. The summed E-state index contributed by atoms with van der Waals surface area (Å²) in [5.41, 5.74) is 2.76. The van der Waals surface area contributed by atoms with E-state index in [1.165, 1.54) is 23.8 Å². The summed E-state index contributed by atoms with van der Waals surface area (Å²) >= 11 is 12.9. The van der Waals surface area contributed by atoms with Crippen LogP contribution in [0.2, 0.25) is 10.0 Å². The zero-order valence-corrected chi connectivity index (χ0v) is 26.7. The van der Waals surface area contributed by atoms with Crippen LogP contribution >= 0.6 is 23.2 Å². The fourth-order valence-electron chi connectivity index (χ4n) is 7.98. The molecule has 1 fully saturated rings. The lowest BCUT2D eigenvalue weighted by Gasteiger charge is -2.39. The van der Waals surface area contributed by atoms with Gasteiger partial charge in [0.25, 0.3) is 0 Å². The van der Waals surface area contributed by atoms with Crippen molar-refractivity contribution in [1.29, 1.82) is 0 Å². The van der Waals surface area contributed by atoms with Gasteiger partial charge in [-0.05, 0) is 59.5 Å². The fraction of sp³-hybridized carbons (Fsp3) is 0.250. The summed E-state index contributed by atoms with van der Waals surface area (Å²) in [6, 6.07) is 22.1. The molecule has 3 aliphatic heterocycles. The molecule has 1 amide bonds. The molecule has 4 heterocycles. The number of carbonyl (C=O) groups is 2. The lowest BCUT2D eigenvalue weighted by atomic mass is 9.73. The Morgan fingerprint density at radius 1 is 1.09 bits per heavy atom. The second-order valence-electron chi connectivity index (χ2n) is 12.4. The normalized spacial score (nSPS) is 23.0. The molecule has 47 heavy (non-hydrogen) atoms. The molecule has 1 saturated heterocycles. The Labute approximate surface area is 279 Å². The number of hydrogen-bond donors (Lipinski definition) is 2. The number of nitrogens with one attached hydrogen (secondary N) is 1. The number of aromatic nitrogens is 2. The monoisotopic (exact) mass is 670 g/mol. The molecule has 238 valence electrons. The van der Waals surface area contributed by atoms with E-state index in [4.69, 9.17) is 33.0 Å². The minimum atomic E-state index is -1.42. The molecular formula is C36H29Cl2FN4O4. The van der Waals surface area contributed by atoms with Crippen LogP contribution in [0.1, 0.15) is 57.9 Å². The third-order valence-corrected chi connectivity index (χ3v) is 10.3. The Morgan fingerprint density at radius 3 is 2.70 bits per heavy atom. The molecule has 8 rings (SSSR count). The SMILES string of the molecule is CCCc1cccc(CN2[C@H]3COc4c5ccc(C(=O)O)cc5nn4[C@H]3[C@H](c3cccc(Cl)c3F)[C@]23C(=O)Nc2cc(Cl)ccc23)c1. The van der Waals surface area contributed by atoms with E-state index in [9.17, 15) is 14.7 Å². The second kappa shape index (κ2) is 11.1. The van der Waals surface area contributed by atoms with Crippen LogP contribution < -0.4 is 10.1 Å². The number of ether oxygens (including phenoxy) is 1. The van der Waals surface area contributed by atoms with Crippen LogP contribution in [-0.4, -0.2) is 44.3 Å². The summed E-state index contributed by atoms with van der Waals surface area (Å²) in [6.45, 7) is 2.67. The van der Waals surface area contributed by atoms with Gasteiger partial charge >= 0.3 is 5.97 Å². The van der Waals surface area contributed by atoms with Gasteiger partial charge in [-0.3, -0.25) is 9.69 Å². The van der Waals surface area contributed by atoms with Crippen molar-refractivity contribution in [2.75, 3.05) is 11.9 Å². The molecule has 8 nitrogen and oxygen atoms in total.